The van der Waals surface area contributed by atoms with Crippen molar-refractivity contribution in [3.05, 3.63) is 71.3 Å². The molecule has 0 N–H and O–H groups in total. The van der Waals surface area contributed by atoms with Crippen molar-refractivity contribution in [2.75, 3.05) is 32.7 Å². The number of hydrogen-bond donors (Lipinski definition) is 0. The zero-order valence-electron chi connectivity index (χ0n) is 15.2. The highest BCUT2D eigenvalue weighted by Gasteiger charge is 2.37. The van der Waals surface area contributed by atoms with Gasteiger partial charge in [-0.2, -0.15) is 0 Å². The third-order valence-corrected chi connectivity index (χ3v) is 5.11. The summed E-state index contributed by atoms with van der Waals surface area (Å²) in [4.78, 5) is 54.2. The number of hydrogen-bond acceptors (Lipinski definition) is 4. The van der Waals surface area contributed by atoms with E-state index >= 15 is 0 Å². The van der Waals surface area contributed by atoms with E-state index in [9.17, 15) is 19.2 Å². The standard InChI is InChI=1S/C21H19N3O4/c25-18(14-24-20(27)16-8-4-5-9-17(16)21(24)28)22-10-12-23(13-11-22)19(26)15-6-2-1-3-7-15/h1-9H,10-14H2. The Labute approximate surface area is 162 Å². The number of fused-ring (bicyclic) bond motifs is 1. The Balaban J connectivity index is 1.36. The van der Waals surface area contributed by atoms with Crippen LogP contribution in [-0.4, -0.2) is 71.1 Å². The van der Waals surface area contributed by atoms with Crippen LogP contribution in [0.15, 0.2) is 54.6 Å². The van der Waals surface area contributed by atoms with E-state index in [2.05, 4.69) is 0 Å². The molecule has 2 aromatic rings. The van der Waals surface area contributed by atoms with Crippen LogP contribution in [0.5, 0.6) is 0 Å². The first-order valence-electron chi connectivity index (χ1n) is 9.13. The Morgan fingerprint density at radius 3 is 1.79 bits per heavy atom. The molecule has 28 heavy (non-hydrogen) atoms. The highest BCUT2D eigenvalue weighted by Crippen LogP contribution is 2.22. The Morgan fingerprint density at radius 2 is 1.21 bits per heavy atom. The van der Waals surface area contributed by atoms with Gasteiger partial charge in [0.2, 0.25) is 5.91 Å². The van der Waals surface area contributed by atoms with E-state index in [1.165, 1.54) is 0 Å². The lowest BCUT2D eigenvalue weighted by Crippen LogP contribution is -2.53. The number of carbonyl (C=O) groups is 4. The molecule has 7 nitrogen and oxygen atoms in total. The molecular formula is C21H19N3O4. The lowest BCUT2D eigenvalue weighted by Gasteiger charge is -2.35. The van der Waals surface area contributed by atoms with Gasteiger partial charge in [-0.05, 0) is 24.3 Å². The van der Waals surface area contributed by atoms with Crippen LogP contribution in [-0.2, 0) is 4.79 Å². The van der Waals surface area contributed by atoms with Gasteiger partial charge in [-0.3, -0.25) is 24.1 Å². The number of nitrogens with zero attached hydrogens (tertiary/aromatic N) is 3. The zero-order chi connectivity index (χ0) is 19.7. The van der Waals surface area contributed by atoms with Crippen LogP contribution in [0.1, 0.15) is 31.1 Å². The van der Waals surface area contributed by atoms with E-state index < -0.39 is 11.8 Å². The van der Waals surface area contributed by atoms with E-state index in [1.807, 2.05) is 18.2 Å². The summed E-state index contributed by atoms with van der Waals surface area (Å²) in [5, 5.41) is 0. The quantitative estimate of drug-likeness (QED) is 0.755. The van der Waals surface area contributed by atoms with Crippen molar-refractivity contribution >= 4 is 23.6 Å². The maximum Gasteiger partial charge on any atom is 0.262 e. The number of rotatable bonds is 3. The summed E-state index contributed by atoms with van der Waals surface area (Å²) < 4.78 is 0. The molecule has 2 aliphatic rings. The van der Waals surface area contributed by atoms with Gasteiger partial charge in [0, 0.05) is 31.7 Å². The summed E-state index contributed by atoms with van der Waals surface area (Å²) in [6.45, 7) is 1.31. The van der Waals surface area contributed by atoms with Crippen LogP contribution in [0.2, 0.25) is 0 Å². The van der Waals surface area contributed by atoms with Gasteiger partial charge in [0.25, 0.3) is 17.7 Å². The number of imide groups is 1. The maximum absolute atomic E-state index is 12.6. The highest BCUT2D eigenvalue weighted by atomic mass is 16.2. The Hall–Kier alpha value is -3.48. The van der Waals surface area contributed by atoms with Crippen LogP contribution in [0.3, 0.4) is 0 Å². The first-order chi connectivity index (χ1) is 13.6. The molecule has 0 aromatic heterocycles. The number of carbonyl (C=O) groups excluding carboxylic acids is 4. The van der Waals surface area contributed by atoms with E-state index in [1.54, 1.807) is 46.2 Å². The molecule has 0 unspecified atom stereocenters. The predicted octanol–water partition coefficient (Wildman–Crippen LogP) is 1.27. The fourth-order valence-corrected chi connectivity index (χ4v) is 3.54. The van der Waals surface area contributed by atoms with Crippen molar-refractivity contribution in [1.82, 2.24) is 14.7 Å². The number of benzene rings is 2. The molecule has 0 atom stereocenters. The first-order valence-corrected chi connectivity index (χ1v) is 9.13. The minimum atomic E-state index is -0.438. The van der Waals surface area contributed by atoms with Gasteiger partial charge >= 0.3 is 0 Å². The zero-order valence-corrected chi connectivity index (χ0v) is 15.2. The molecule has 0 saturated carbocycles. The minimum absolute atomic E-state index is 0.0620. The molecule has 1 fully saturated rings. The average molecular weight is 377 g/mol. The third-order valence-electron chi connectivity index (χ3n) is 5.11. The van der Waals surface area contributed by atoms with E-state index in [0.717, 1.165) is 4.90 Å². The van der Waals surface area contributed by atoms with Crippen molar-refractivity contribution in [2.45, 2.75) is 0 Å². The van der Waals surface area contributed by atoms with Gasteiger partial charge in [0.1, 0.15) is 6.54 Å². The van der Waals surface area contributed by atoms with Gasteiger partial charge in [-0.15, -0.1) is 0 Å². The van der Waals surface area contributed by atoms with Crippen LogP contribution in [0.4, 0.5) is 0 Å². The lowest BCUT2D eigenvalue weighted by atomic mass is 10.1. The normalized spacial score (nSPS) is 16.4. The van der Waals surface area contributed by atoms with Crippen LogP contribution in [0.25, 0.3) is 0 Å². The predicted molar refractivity (Wildman–Crippen MR) is 101 cm³/mol. The van der Waals surface area contributed by atoms with Crippen LogP contribution < -0.4 is 0 Å². The van der Waals surface area contributed by atoms with Crippen molar-refractivity contribution in [3.63, 3.8) is 0 Å². The average Bonchev–Trinajstić information content (AvgIpc) is 2.99. The van der Waals surface area contributed by atoms with Crippen LogP contribution >= 0.6 is 0 Å². The minimum Gasteiger partial charge on any atom is -0.338 e. The molecule has 142 valence electrons. The molecule has 0 bridgehead atoms. The maximum atomic E-state index is 12.6. The fraction of sp³-hybridized carbons (Fsp3) is 0.238. The number of amides is 4. The van der Waals surface area contributed by atoms with Crippen molar-refractivity contribution in [2.24, 2.45) is 0 Å². The van der Waals surface area contributed by atoms with Gasteiger partial charge in [0.05, 0.1) is 11.1 Å². The fourth-order valence-electron chi connectivity index (χ4n) is 3.54. The molecule has 2 aliphatic heterocycles. The smallest absolute Gasteiger partial charge is 0.262 e. The lowest BCUT2D eigenvalue weighted by molar-refractivity contribution is -0.132. The largest absolute Gasteiger partial charge is 0.338 e. The molecule has 0 spiro atoms. The number of piperazine rings is 1. The summed E-state index contributed by atoms with van der Waals surface area (Å²) in [6.07, 6.45) is 0. The van der Waals surface area contributed by atoms with Gasteiger partial charge in [0.15, 0.2) is 0 Å². The molecule has 2 heterocycles. The van der Waals surface area contributed by atoms with E-state index in [4.69, 9.17) is 0 Å². The first kappa shape index (κ1) is 17.9. The van der Waals surface area contributed by atoms with Gasteiger partial charge < -0.3 is 9.80 Å². The SMILES string of the molecule is O=C(CN1C(=O)c2ccccc2C1=O)N1CCN(C(=O)c2ccccc2)CC1. The molecular weight excluding hydrogens is 358 g/mol. The second-order valence-corrected chi connectivity index (χ2v) is 6.78. The van der Waals surface area contributed by atoms with Crippen molar-refractivity contribution in [1.29, 1.82) is 0 Å². The Morgan fingerprint density at radius 1 is 0.714 bits per heavy atom. The van der Waals surface area contributed by atoms with Gasteiger partial charge in [-0.1, -0.05) is 30.3 Å². The monoisotopic (exact) mass is 377 g/mol. The Bertz CT molecular complexity index is 914. The van der Waals surface area contributed by atoms with Crippen LogP contribution in [0, 0.1) is 0 Å². The molecule has 1 saturated heterocycles. The van der Waals surface area contributed by atoms with Crippen molar-refractivity contribution < 1.29 is 19.2 Å². The second-order valence-electron chi connectivity index (χ2n) is 6.78. The summed E-state index contributed by atoms with van der Waals surface area (Å²) in [6, 6.07) is 15.6. The Kier molecular flexibility index (Phi) is 4.65. The topological polar surface area (TPSA) is 78.0 Å². The summed E-state index contributed by atoms with van der Waals surface area (Å²) in [5.74, 6) is -1.23. The molecule has 0 aliphatic carbocycles. The third kappa shape index (κ3) is 3.15. The molecule has 0 radical (unpaired) electrons. The molecule has 2 aromatic carbocycles. The second kappa shape index (κ2) is 7.26. The summed E-state index contributed by atoms with van der Waals surface area (Å²) in [7, 11) is 0. The molecule has 4 rings (SSSR count). The van der Waals surface area contributed by atoms with Crippen molar-refractivity contribution in [3.8, 4) is 0 Å². The summed E-state index contributed by atoms with van der Waals surface area (Å²) >= 11 is 0. The molecule has 4 amide bonds. The van der Waals surface area contributed by atoms with E-state index in [0.29, 0.717) is 42.9 Å². The van der Waals surface area contributed by atoms with E-state index in [-0.39, 0.29) is 18.4 Å². The van der Waals surface area contributed by atoms with Gasteiger partial charge in [-0.25, -0.2) is 0 Å². The highest BCUT2D eigenvalue weighted by molar-refractivity contribution is 6.22. The molecule has 7 heteroatoms. The summed E-state index contributed by atoms with van der Waals surface area (Å²) in [5.41, 5.74) is 1.28.